The van der Waals surface area contributed by atoms with E-state index in [4.69, 9.17) is 17.3 Å². The zero-order valence-electron chi connectivity index (χ0n) is 10.7. The molecule has 2 atom stereocenters. The van der Waals surface area contributed by atoms with E-state index in [1.807, 2.05) is 38.1 Å². The van der Waals surface area contributed by atoms with E-state index >= 15 is 0 Å². The molecule has 18 heavy (non-hydrogen) atoms. The Balaban J connectivity index is 0.00000289. The Labute approximate surface area is 119 Å². The molecular formula is C13H20Cl2N2O. The Bertz CT molecular complexity index is 385. The predicted octanol–water partition coefficient (Wildman–Crippen LogP) is 3.07. The molecule has 0 fully saturated rings. The summed E-state index contributed by atoms with van der Waals surface area (Å²) in [5.41, 5.74) is 6.66. The highest BCUT2D eigenvalue weighted by molar-refractivity contribution is 6.31. The zero-order valence-corrected chi connectivity index (χ0v) is 12.2. The number of rotatable bonds is 5. The number of carbonyl (C=O) groups excluding carboxylic acids is 1. The number of amides is 1. The topological polar surface area (TPSA) is 55.1 Å². The number of benzene rings is 1. The average Bonchev–Trinajstić information content (AvgIpc) is 2.29. The lowest BCUT2D eigenvalue weighted by atomic mass is 10.1. The van der Waals surface area contributed by atoms with Crippen LogP contribution in [-0.4, -0.2) is 11.9 Å². The Hall–Kier alpha value is -0.770. The van der Waals surface area contributed by atoms with Crippen molar-refractivity contribution in [2.24, 2.45) is 5.73 Å². The number of nitrogens with two attached hydrogens (primary N) is 1. The van der Waals surface area contributed by atoms with Crippen LogP contribution in [0.25, 0.3) is 0 Å². The summed E-state index contributed by atoms with van der Waals surface area (Å²) in [4.78, 5) is 11.7. The van der Waals surface area contributed by atoms with Gasteiger partial charge in [0, 0.05) is 5.02 Å². The fourth-order valence-electron chi connectivity index (χ4n) is 1.67. The van der Waals surface area contributed by atoms with Crippen molar-refractivity contribution in [3.8, 4) is 0 Å². The smallest absolute Gasteiger partial charge is 0.237 e. The summed E-state index contributed by atoms with van der Waals surface area (Å²) in [6.07, 6.45) is 1.59. The molecule has 0 saturated carbocycles. The maximum Gasteiger partial charge on any atom is 0.237 e. The molecule has 3 nitrogen and oxygen atoms in total. The molecule has 0 aliphatic heterocycles. The second-order valence-corrected chi connectivity index (χ2v) is 4.55. The quantitative estimate of drug-likeness (QED) is 0.876. The van der Waals surface area contributed by atoms with Gasteiger partial charge in [-0.2, -0.15) is 0 Å². The molecule has 0 bridgehead atoms. The van der Waals surface area contributed by atoms with Gasteiger partial charge in [-0.05, 0) is 25.0 Å². The summed E-state index contributed by atoms with van der Waals surface area (Å²) in [5.74, 6) is -0.126. The minimum atomic E-state index is -0.440. The molecule has 0 radical (unpaired) electrons. The fourth-order valence-corrected chi connectivity index (χ4v) is 1.97. The van der Waals surface area contributed by atoms with Crippen LogP contribution < -0.4 is 11.1 Å². The lowest BCUT2D eigenvalue weighted by molar-refractivity contribution is -0.123. The number of hydrogen-bond donors (Lipinski definition) is 2. The van der Waals surface area contributed by atoms with Crippen LogP contribution in [0.4, 0.5) is 0 Å². The Kier molecular flexibility index (Phi) is 8.00. The number of carbonyl (C=O) groups is 1. The maximum atomic E-state index is 11.7. The summed E-state index contributed by atoms with van der Waals surface area (Å²) in [7, 11) is 0. The molecular weight excluding hydrogens is 271 g/mol. The van der Waals surface area contributed by atoms with Crippen LogP contribution in [0.15, 0.2) is 24.3 Å². The number of nitrogens with one attached hydrogen (secondary N) is 1. The minimum absolute atomic E-state index is 0. The van der Waals surface area contributed by atoms with Crippen molar-refractivity contribution in [2.45, 2.75) is 38.8 Å². The van der Waals surface area contributed by atoms with Gasteiger partial charge in [-0.1, -0.05) is 43.1 Å². The van der Waals surface area contributed by atoms with E-state index in [1.165, 1.54) is 0 Å². The van der Waals surface area contributed by atoms with E-state index in [0.29, 0.717) is 11.4 Å². The van der Waals surface area contributed by atoms with Crippen LogP contribution in [0.3, 0.4) is 0 Å². The third kappa shape index (κ3) is 4.84. The van der Waals surface area contributed by atoms with Crippen LogP contribution in [-0.2, 0) is 4.79 Å². The van der Waals surface area contributed by atoms with E-state index in [9.17, 15) is 4.79 Å². The Morgan fingerprint density at radius 2 is 2.06 bits per heavy atom. The van der Waals surface area contributed by atoms with Gasteiger partial charge in [-0.3, -0.25) is 4.79 Å². The largest absolute Gasteiger partial charge is 0.348 e. The average molecular weight is 291 g/mol. The van der Waals surface area contributed by atoms with E-state index < -0.39 is 6.04 Å². The van der Waals surface area contributed by atoms with Crippen LogP contribution >= 0.6 is 24.0 Å². The molecule has 2 unspecified atom stereocenters. The second kappa shape index (κ2) is 8.35. The van der Waals surface area contributed by atoms with Gasteiger partial charge in [0.25, 0.3) is 0 Å². The van der Waals surface area contributed by atoms with E-state index in [-0.39, 0.29) is 24.4 Å². The van der Waals surface area contributed by atoms with Gasteiger partial charge in [-0.15, -0.1) is 12.4 Å². The predicted molar refractivity (Wildman–Crippen MR) is 78.1 cm³/mol. The lowest BCUT2D eigenvalue weighted by Crippen LogP contribution is -2.41. The summed E-state index contributed by atoms with van der Waals surface area (Å²) in [6.45, 7) is 3.91. The van der Waals surface area contributed by atoms with E-state index in [2.05, 4.69) is 5.32 Å². The molecule has 0 saturated heterocycles. The molecule has 1 aromatic carbocycles. The summed E-state index contributed by atoms with van der Waals surface area (Å²) in [5, 5.41) is 3.53. The van der Waals surface area contributed by atoms with Crippen LogP contribution in [0.1, 0.15) is 38.3 Å². The van der Waals surface area contributed by atoms with Gasteiger partial charge in [-0.25, -0.2) is 0 Å². The molecule has 0 spiro atoms. The zero-order chi connectivity index (χ0) is 12.8. The summed E-state index contributed by atoms with van der Waals surface area (Å²) in [6, 6.07) is 6.91. The molecule has 102 valence electrons. The fraction of sp³-hybridized carbons (Fsp3) is 0.462. The standard InChI is InChI=1S/C13H19ClN2O.ClH/c1-3-6-12(15)13(17)16-9(2)10-7-4-5-8-11(10)14;/h4-5,7-9,12H,3,6,15H2,1-2H3,(H,16,17);1H. The molecule has 1 amide bonds. The van der Waals surface area contributed by atoms with Gasteiger partial charge in [0.2, 0.25) is 5.91 Å². The lowest BCUT2D eigenvalue weighted by Gasteiger charge is -2.18. The van der Waals surface area contributed by atoms with Gasteiger partial charge >= 0.3 is 0 Å². The van der Waals surface area contributed by atoms with Crippen molar-refractivity contribution in [3.05, 3.63) is 34.9 Å². The Morgan fingerprint density at radius 1 is 1.44 bits per heavy atom. The highest BCUT2D eigenvalue weighted by Gasteiger charge is 2.16. The van der Waals surface area contributed by atoms with Crippen LogP contribution in [0.5, 0.6) is 0 Å². The van der Waals surface area contributed by atoms with E-state index in [1.54, 1.807) is 0 Å². The molecule has 0 aliphatic carbocycles. The minimum Gasteiger partial charge on any atom is -0.348 e. The molecule has 3 N–H and O–H groups in total. The molecule has 5 heteroatoms. The third-order valence-electron chi connectivity index (χ3n) is 2.67. The first-order valence-corrected chi connectivity index (χ1v) is 6.24. The third-order valence-corrected chi connectivity index (χ3v) is 3.01. The molecule has 0 aromatic heterocycles. The van der Waals surface area contributed by atoms with Crippen molar-refractivity contribution in [2.75, 3.05) is 0 Å². The SMILES string of the molecule is CCCC(N)C(=O)NC(C)c1ccccc1Cl.Cl. The first-order chi connectivity index (χ1) is 8.06. The van der Waals surface area contributed by atoms with Gasteiger partial charge in [0.1, 0.15) is 0 Å². The highest BCUT2D eigenvalue weighted by Crippen LogP contribution is 2.22. The highest BCUT2D eigenvalue weighted by atomic mass is 35.5. The van der Waals surface area contributed by atoms with Crippen LogP contribution in [0.2, 0.25) is 5.02 Å². The van der Waals surface area contributed by atoms with Crippen molar-refractivity contribution in [1.29, 1.82) is 0 Å². The number of halogens is 2. The van der Waals surface area contributed by atoms with Crippen molar-refractivity contribution >= 4 is 29.9 Å². The molecule has 0 aliphatic rings. The first-order valence-electron chi connectivity index (χ1n) is 5.86. The molecule has 1 rings (SSSR count). The van der Waals surface area contributed by atoms with Gasteiger partial charge in [0.05, 0.1) is 12.1 Å². The first kappa shape index (κ1) is 17.2. The van der Waals surface area contributed by atoms with Crippen molar-refractivity contribution in [1.82, 2.24) is 5.32 Å². The summed E-state index contributed by atoms with van der Waals surface area (Å²) < 4.78 is 0. The maximum absolute atomic E-state index is 11.7. The molecule has 0 heterocycles. The van der Waals surface area contributed by atoms with Crippen molar-refractivity contribution in [3.63, 3.8) is 0 Å². The Morgan fingerprint density at radius 3 is 2.61 bits per heavy atom. The van der Waals surface area contributed by atoms with Gasteiger partial charge < -0.3 is 11.1 Å². The van der Waals surface area contributed by atoms with Crippen LogP contribution in [0, 0.1) is 0 Å². The normalized spacial score (nSPS) is 13.3. The molecule has 1 aromatic rings. The monoisotopic (exact) mass is 290 g/mol. The summed E-state index contributed by atoms with van der Waals surface area (Å²) >= 11 is 6.06. The van der Waals surface area contributed by atoms with Gasteiger partial charge in [0.15, 0.2) is 0 Å². The van der Waals surface area contributed by atoms with Crippen molar-refractivity contribution < 1.29 is 4.79 Å². The number of hydrogen-bond acceptors (Lipinski definition) is 2. The second-order valence-electron chi connectivity index (χ2n) is 4.15. The van der Waals surface area contributed by atoms with E-state index in [0.717, 1.165) is 12.0 Å².